The van der Waals surface area contributed by atoms with Crippen LogP contribution in [0.4, 0.5) is 5.69 Å². The number of allylic oxidation sites excluding steroid dienone is 1. The van der Waals surface area contributed by atoms with Gasteiger partial charge in [0.25, 0.3) is 5.91 Å². The third-order valence-electron chi connectivity index (χ3n) is 4.00. The smallest absolute Gasteiger partial charge is 0.254 e. The van der Waals surface area contributed by atoms with Crippen molar-refractivity contribution < 1.29 is 19.4 Å². The molecular weight excluding hydrogens is 410 g/mol. The molecule has 2 rings (SSSR count). The van der Waals surface area contributed by atoms with Crippen LogP contribution in [0.3, 0.4) is 0 Å². The normalized spacial score (nSPS) is 13.1. The monoisotopic (exact) mass is 433 g/mol. The predicted molar refractivity (Wildman–Crippen MR) is 115 cm³/mol. The molecule has 1 aromatic carbocycles. The van der Waals surface area contributed by atoms with Gasteiger partial charge in [-0.05, 0) is 18.2 Å². The molecule has 0 bridgehead atoms. The Kier molecular flexibility index (Phi) is 8.72. The number of hydrogen-bond donors (Lipinski definition) is 2. The van der Waals surface area contributed by atoms with E-state index in [0.29, 0.717) is 22.6 Å². The van der Waals surface area contributed by atoms with E-state index in [1.165, 1.54) is 13.2 Å². The number of nitrogens with zero attached hydrogens (tertiary/aromatic N) is 4. The highest BCUT2D eigenvalue weighted by Gasteiger charge is 2.14. The molecule has 0 aliphatic rings. The number of aryl methyl sites for hydroxylation is 1. The second kappa shape index (κ2) is 11.2. The number of aromatic nitrogens is 2. The summed E-state index contributed by atoms with van der Waals surface area (Å²) in [6, 6.07) is 6.84. The van der Waals surface area contributed by atoms with Gasteiger partial charge in [0.2, 0.25) is 0 Å². The number of hydrazone groups is 1. The number of ether oxygens (including phenoxy) is 1. The number of hydrogen-bond acceptors (Lipinski definition) is 7. The quantitative estimate of drug-likeness (QED) is 0.145. The standard InChI is InChI=1S/C20H24ClN5O4/c1-25-11-17(9-23-25)26(2)24-19(14-4-6-16(21)7-5-14)8-15(12-27)20(29)22-10-18(28)13-30-3/h4-9,11-12,18,28H,10,13H2,1-3H3,(H,22,29)/b15-8+,24-19+. The Labute approximate surface area is 179 Å². The molecule has 1 amide bonds. The van der Waals surface area contributed by atoms with Gasteiger partial charge < -0.3 is 15.2 Å². The number of aliphatic hydroxyl groups is 1. The first-order chi connectivity index (χ1) is 14.3. The number of amides is 1. The average molecular weight is 434 g/mol. The first-order valence-electron chi connectivity index (χ1n) is 9.03. The van der Waals surface area contributed by atoms with Gasteiger partial charge in [-0.1, -0.05) is 23.7 Å². The summed E-state index contributed by atoms with van der Waals surface area (Å²) >= 11 is 5.97. The van der Waals surface area contributed by atoms with Crippen molar-refractivity contribution in [1.82, 2.24) is 15.1 Å². The van der Waals surface area contributed by atoms with Crippen molar-refractivity contribution in [2.24, 2.45) is 12.1 Å². The first-order valence-corrected chi connectivity index (χ1v) is 9.40. The molecule has 1 heterocycles. The minimum absolute atomic E-state index is 0.0547. The minimum atomic E-state index is -0.882. The largest absolute Gasteiger partial charge is 0.389 e. The Bertz CT molecular complexity index is 924. The Morgan fingerprint density at radius 1 is 1.43 bits per heavy atom. The average Bonchev–Trinajstić information content (AvgIpc) is 3.16. The molecule has 0 radical (unpaired) electrons. The maximum atomic E-state index is 12.4. The van der Waals surface area contributed by atoms with Crippen LogP contribution in [0.15, 0.2) is 53.4 Å². The molecule has 1 aromatic heterocycles. The molecule has 0 fully saturated rings. The number of carbonyl (C=O) groups is 2. The third kappa shape index (κ3) is 6.80. The fourth-order valence-electron chi connectivity index (χ4n) is 2.45. The molecule has 0 aliphatic carbocycles. The number of rotatable bonds is 10. The Morgan fingerprint density at radius 2 is 2.13 bits per heavy atom. The van der Waals surface area contributed by atoms with Gasteiger partial charge in [0.1, 0.15) is 0 Å². The summed E-state index contributed by atoms with van der Waals surface area (Å²) in [5, 5.41) is 22.9. The van der Waals surface area contributed by atoms with E-state index in [1.54, 1.807) is 60.4 Å². The molecule has 9 nitrogen and oxygen atoms in total. The van der Waals surface area contributed by atoms with Crippen LogP contribution < -0.4 is 10.3 Å². The van der Waals surface area contributed by atoms with Crippen molar-refractivity contribution >= 4 is 35.2 Å². The zero-order valence-electron chi connectivity index (χ0n) is 16.9. The molecule has 10 heteroatoms. The van der Waals surface area contributed by atoms with Crippen LogP contribution in [0, 0.1) is 0 Å². The number of aldehydes is 1. The molecule has 1 unspecified atom stereocenters. The van der Waals surface area contributed by atoms with Gasteiger partial charge in [-0.2, -0.15) is 10.2 Å². The van der Waals surface area contributed by atoms with Gasteiger partial charge >= 0.3 is 0 Å². The van der Waals surface area contributed by atoms with Crippen molar-refractivity contribution in [3.8, 4) is 0 Å². The van der Waals surface area contributed by atoms with E-state index in [2.05, 4.69) is 15.5 Å². The van der Waals surface area contributed by atoms with Crippen molar-refractivity contribution in [3.63, 3.8) is 0 Å². The number of benzene rings is 1. The van der Waals surface area contributed by atoms with Gasteiger partial charge in [-0.3, -0.25) is 19.3 Å². The van der Waals surface area contributed by atoms with Crippen LogP contribution in [-0.4, -0.2) is 66.2 Å². The molecule has 0 saturated heterocycles. The lowest BCUT2D eigenvalue weighted by Gasteiger charge is -2.14. The molecule has 2 aromatic rings. The van der Waals surface area contributed by atoms with E-state index >= 15 is 0 Å². The summed E-state index contributed by atoms with van der Waals surface area (Å²) in [5.41, 5.74) is 1.60. The maximum absolute atomic E-state index is 12.4. The minimum Gasteiger partial charge on any atom is -0.389 e. The number of anilines is 1. The lowest BCUT2D eigenvalue weighted by Crippen LogP contribution is -2.35. The zero-order chi connectivity index (χ0) is 22.1. The summed E-state index contributed by atoms with van der Waals surface area (Å²) in [6.07, 6.45) is 4.34. The summed E-state index contributed by atoms with van der Waals surface area (Å²) in [4.78, 5) is 24.0. The predicted octanol–water partition coefficient (Wildman–Crippen LogP) is 1.16. The highest BCUT2D eigenvalue weighted by Crippen LogP contribution is 2.15. The lowest BCUT2D eigenvalue weighted by molar-refractivity contribution is -0.119. The number of aliphatic hydroxyl groups excluding tert-OH is 1. The molecule has 1 atom stereocenters. The summed E-state index contributed by atoms with van der Waals surface area (Å²) in [7, 11) is 4.95. The highest BCUT2D eigenvalue weighted by molar-refractivity contribution is 6.30. The Hall–Kier alpha value is -3.01. The molecule has 2 N–H and O–H groups in total. The van der Waals surface area contributed by atoms with E-state index < -0.39 is 12.0 Å². The van der Waals surface area contributed by atoms with E-state index in [4.69, 9.17) is 16.3 Å². The Morgan fingerprint density at radius 3 is 2.70 bits per heavy atom. The second-order valence-corrected chi connectivity index (χ2v) is 6.86. The zero-order valence-corrected chi connectivity index (χ0v) is 17.7. The SMILES string of the molecule is COCC(O)CNC(=O)/C(C=O)=C/C(=N\N(C)c1cnn(C)c1)c1ccc(Cl)cc1. The fourth-order valence-corrected chi connectivity index (χ4v) is 2.58. The Balaban J connectivity index is 2.34. The molecule has 30 heavy (non-hydrogen) atoms. The lowest BCUT2D eigenvalue weighted by atomic mass is 10.1. The molecule has 160 valence electrons. The summed E-state index contributed by atoms with van der Waals surface area (Å²) < 4.78 is 6.45. The number of carbonyl (C=O) groups excluding carboxylic acids is 2. The van der Waals surface area contributed by atoms with E-state index in [-0.39, 0.29) is 18.7 Å². The van der Waals surface area contributed by atoms with Gasteiger partial charge in [0.05, 0.1) is 35.9 Å². The molecule has 0 saturated carbocycles. The first kappa shape index (κ1) is 23.3. The van der Waals surface area contributed by atoms with Crippen molar-refractivity contribution in [2.45, 2.75) is 6.10 Å². The van der Waals surface area contributed by atoms with Crippen LogP contribution in [0.5, 0.6) is 0 Å². The fraction of sp³-hybridized carbons (Fsp3) is 0.300. The van der Waals surface area contributed by atoms with Crippen molar-refractivity contribution in [1.29, 1.82) is 0 Å². The number of methoxy groups -OCH3 is 1. The number of halogens is 1. The number of nitrogens with one attached hydrogen (secondary N) is 1. The van der Waals surface area contributed by atoms with E-state index in [0.717, 1.165) is 5.69 Å². The van der Waals surface area contributed by atoms with Gasteiger partial charge in [-0.25, -0.2) is 0 Å². The second-order valence-electron chi connectivity index (χ2n) is 6.42. The molecular formula is C20H24ClN5O4. The van der Waals surface area contributed by atoms with Crippen LogP contribution >= 0.6 is 11.6 Å². The van der Waals surface area contributed by atoms with Gasteiger partial charge in [0.15, 0.2) is 6.29 Å². The van der Waals surface area contributed by atoms with E-state index in [9.17, 15) is 14.7 Å². The maximum Gasteiger partial charge on any atom is 0.254 e. The van der Waals surface area contributed by atoms with Crippen LogP contribution in [0.1, 0.15) is 5.56 Å². The topological polar surface area (TPSA) is 109 Å². The van der Waals surface area contributed by atoms with Gasteiger partial charge in [-0.15, -0.1) is 0 Å². The van der Waals surface area contributed by atoms with Crippen LogP contribution in [0.2, 0.25) is 5.02 Å². The van der Waals surface area contributed by atoms with Crippen molar-refractivity contribution in [3.05, 3.63) is 58.9 Å². The summed E-state index contributed by atoms with van der Waals surface area (Å²) in [5.74, 6) is -0.633. The van der Waals surface area contributed by atoms with Crippen LogP contribution in [0.25, 0.3) is 0 Å². The van der Waals surface area contributed by atoms with Gasteiger partial charge in [0, 0.05) is 44.5 Å². The summed E-state index contributed by atoms with van der Waals surface area (Å²) in [6.45, 7) is 0.00860. The molecule has 0 spiro atoms. The van der Waals surface area contributed by atoms with E-state index in [1.807, 2.05) is 0 Å². The van der Waals surface area contributed by atoms with Crippen molar-refractivity contribution in [2.75, 3.05) is 32.3 Å². The third-order valence-corrected chi connectivity index (χ3v) is 4.25. The molecule has 0 aliphatic heterocycles. The highest BCUT2D eigenvalue weighted by atomic mass is 35.5. The van der Waals surface area contributed by atoms with Crippen LogP contribution in [-0.2, 0) is 21.4 Å².